The number of hydrogen-bond acceptors (Lipinski definition) is 3. The average molecular weight is 560 g/mol. The number of rotatable bonds is 9. The molecule has 1 fully saturated rings. The van der Waals surface area contributed by atoms with Crippen molar-refractivity contribution in [1.82, 2.24) is 0 Å². The first-order valence-corrected chi connectivity index (χ1v) is 13.1. The van der Waals surface area contributed by atoms with Crippen LogP contribution >= 0.6 is 15.9 Å². The maximum atomic E-state index is 13.4. The maximum absolute atomic E-state index is 13.4. The number of hydrogen-bond donors (Lipinski definition) is 1. The van der Waals surface area contributed by atoms with Gasteiger partial charge in [-0.25, -0.2) is 4.39 Å². The summed E-state index contributed by atoms with van der Waals surface area (Å²) in [5.74, 6) is 0.0534. The van der Waals surface area contributed by atoms with Gasteiger partial charge in [-0.1, -0.05) is 82.7 Å². The number of amides is 1. The number of β-lactam (4-membered cyclic amide) rings is 1. The van der Waals surface area contributed by atoms with E-state index in [0.717, 1.165) is 21.3 Å². The van der Waals surface area contributed by atoms with E-state index in [1.165, 1.54) is 12.1 Å². The molecule has 0 radical (unpaired) electrons. The molecule has 0 aliphatic carbocycles. The van der Waals surface area contributed by atoms with E-state index in [1.54, 1.807) is 12.1 Å². The third kappa shape index (κ3) is 5.60. The number of aliphatic hydroxyl groups excluding tert-OH is 1. The molecule has 1 aliphatic rings. The zero-order valence-electron chi connectivity index (χ0n) is 20.1. The molecule has 6 heteroatoms. The maximum Gasteiger partial charge on any atom is 0.233 e. The van der Waals surface area contributed by atoms with Gasteiger partial charge in [-0.05, 0) is 60.4 Å². The molecule has 1 aliphatic heterocycles. The van der Waals surface area contributed by atoms with Crippen LogP contribution in [-0.4, -0.2) is 11.0 Å². The summed E-state index contributed by atoms with van der Waals surface area (Å²) in [6.07, 6.45) is 0.0934. The van der Waals surface area contributed by atoms with Crippen LogP contribution in [0, 0.1) is 11.7 Å². The highest BCUT2D eigenvalue weighted by Gasteiger charge is 2.49. The van der Waals surface area contributed by atoms with E-state index < -0.39 is 6.10 Å². The topological polar surface area (TPSA) is 49.8 Å². The largest absolute Gasteiger partial charge is 0.489 e. The Morgan fingerprint density at radius 2 is 1.59 bits per heavy atom. The van der Waals surface area contributed by atoms with Crippen molar-refractivity contribution >= 4 is 27.5 Å². The van der Waals surface area contributed by atoms with Gasteiger partial charge in [0.1, 0.15) is 18.2 Å². The third-order valence-corrected chi connectivity index (χ3v) is 7.28. The van der Waals surface area contributed by atoms with Crippen LogP contribution in [0.1, 0.15) is 41.7 Å². The lowest BCUT2D eigenvalue weighted by Crippen LogP contribution is -2.55. The predicted molar refractivity (Wildman–Crippen MR) is 146 cm³/mol. The molecule has 1 amide bonds. The molecule has 3 atom stereocenters. The molecule has 0 spiro atoms. The van der Waals surface area contributed by atoms with Crippen molar-refractivity contribution in [3.05, 3.63) is 130 Å². The van der Waals surface area contributed by atoms with Gasteiger partial charge in [0.05, 0.1) is 18.1 Å². The van der Waals surface area contributed by atoms with Gasteiger partial charge in [0.15, 0.2) is 0 Å². The molecular weight excluding hydrogens is 533 g/mol. The fourth-order valence-corrected chi connectivity index (χ4v) is 5.20. The Morgan fingerprint density at radius 3 is 2.30 bits per heavy atom. The molecule has 4 nitrogen and oxygen atoms in total. The first kappa shape index (κ1) is 25.2. The molecule has 5 rings (SSSR count). The molecule has 4 aromatic carbocycles. The van der Waals surface area contributed by atoms with Crippen molar-refractivity contribution < 1.29 is 19.0 Å². The molecule has 37 heavy (non-hydrogen) atoms. The van der Waals surface area contributed by atoms with Gasteiger partial charge in [0.2, 0.25) is 5.91 Å². The van der Waals surface area contributed by atoms with E-state index in [1.807, 2.05) is 83.8 Å². The van der Waals surface area contributed by atoms with Crippen molar-refractivity contribution in [2.75, 3.05) is 4.90 Å². The summed E-state index contributed by atoms with van der Waals surface area (Å²) in [4.78, 5) is 15.3. The second-order valence-corrected chi connectivity index (χ2v) is 10.1. The molecule has 1 heterocycles. The van der Waals surface area contributed by atoms with Gasteiger partial charge < -0.3 is 14.7 Å². The van der Waals surface area contributed by atoms with E-state index in [9.17, 15) is 14.3 Å². The smallest absolute Gasteiger partial charge is 0.233 e. The lowest BCUT2D eigenvalue weighted by Gasteiger charge is -2.48. The molecule has 1 N–H and O–H groups in total. The number of halogens is 2. The quantitative estimate of drug-likeness (QED) is 0.217. The number of nitrogens with zero attached hydrogens (tertiary/aromatic N) is 1. The highest BCUT2D eigenvalue weighted by molar-refractivity contribution is 9.10. The van der Waals surface area contributed by atoms with Crippen LogP contribution in [-0.2, 0) is 11.4 Å². The first-order valence-electron chi connectivity index (χ1n) is 12.3. The predicted octanol–water partition coefficient (Wildman–Crippen LogP) is 7.39. The number of anilines is 1. The Balaban J connectivity index is 1.42. The van der Waals surface area contributed by atoms with Crippen LogP contribution in [0.2, 0.25) is 0 Å². The fourth-order valence-electron chi connectivity index (χ4n) is 4.86. The lowest BCUT2D eigenvalue weighted by atomic mass is 9.78. The minimum atomic E-state index is -0.779. The molecule has 188 valence electrons. The molecule has 1 saturated heterocycles. The zero-order chi connectivity index (χ0) is 25.8. The van der Waals surface area contributed by atoms with Gasteiger partial charge in [0.25, 0.3) is 0 Å². The SMILES string of the molecule is O=C1[C@H](CCC(O)c2ccc(F)cc2)[C@@H](c2ccc(Br)cc2OCc2ccccc2)N1c1ccccc1. The van der Waals surface area contributed by atoms with E-state index in [2.05, 4.69) is 15.9 Å². The molecule has 0 aromatic heterocycles. The van der Waals surface area contributed by atoms with Crippen molar-refractivity contribution in [3.8, 4) is 5.75 Å². The van der Waals surface area contributed by atoms with Gasteiger partial charge in [-0.3, -0.25) is 4.79 Å². The van der Waals surface area contributed by atoms with Crippen LogP contribution in [0.15, 0.2) is 108 Å². The molecule has 0 bridgehead atoms. The second-order valence-electron chi connectivity index (χ2n) is 9.20. The summed E-state index contributed by atoms with van der Waals surface area (Å²) in [6.45, 7) is 0.407. The van der Waals surface area contributed by atoms with Gasteiger partial charge in [-0.2, -0.15) is 0 Å². The normalized spacial score (nSPS) is 17.8. The van der Waals surface area contributed by atoms with Crippen LogP contribution < -0.4 is 9.64 Å². The summed E-state index contributed by atoms with van der Waals surface area (Å²) in [6, 6.07) is 31.1. The van der Waals surface area contributed by atoms with E-state index >= 15 is 0 Å². The van der Waals surface area contributed by atoms with Crippen LogP contribution in [0.4, 0.5) is 10.1 Å². The molecular formula is C31H27BrFNO3. The fraction of sp³-hybridized carbons (Fsp3) is 0.194. The number of carbonyl (C=O) groups excluding carboxylic acids is 1. The van der Waals surface area contributed by atoms with Gasteiger partial charge in [-0.15, -0.1) is 0 Å². The highest BCUT2D eigenvalue weighted by atomic mass is 79.9. The number of carbonyl (C=O) groups is 1. The average Bonchev–Trinajstić information content (AvgIpc) is 2.92. The summed E-state index contributed by atoms with van der Waals surface area (Å²) >= 11 is 3.56. The molecule has 4 aromatic rings. The summed E-state index contributed by atoms with van der Waals surface area (Å²) in [5, 5.41) is 10.7. The summed E-state index contributed by atoms with van der Waals surface area (Å²) < 4.78 is 20.5. The number of ether oxygens (including phenoxy) is 1. The van der Waals surface area contributed by atoms with E-state index in [0.29, 0.717) is 30.8 Å². The Morgan fingerprint density at radius 1 is 0.919 bits per heavy atom. The van der Waals surface area contributed by atoms with E-state index in [4.69, 9.17) is 4.74 Å². The minimum absolute atomic E-state index is 0.0134. The third-order valence-electron chi connectivity index (χ3n) is 6.79. The van der Waals surface area contributed by atoms with Crippen molar-refractivity contribution in [2.45, 2.75) is 31.6 Å². The summed E-state index contributed by atoms with van der Waals surface area (Å²) in [5.41, 5.74) is 3.44. The van der Waals surface area contributed by atoms with Gasteiger partial charge in [0, 0.05) is 15.7 Å². The van der Waals surface area contributed by atoms with Crippen LogP contribution in [0.5, 0.6) is 5.75 Å². The molecule has 0 saturated carbocycles. The zero-order valence-corrected chi connectivity index (χ0v) is 21.7. The van der Waals surface area contributed by atoms with Crippen molar-refractivity contribution in [2.24, 2.45) is 5.92 Å². The molecule has 1 unspecified atom stereocenters. The van der Waals surface area contributed by atoms with E-state index in [-0.39, 0.29) is 23.7 Å². The second kappa shape index (κ2) is 11.3. The minimum Gasteiger partial charge on any atom is -0.489 e. The lowest BCUT2D eigenvalue weighted by molar-refractivity contribution is -0.131. The monoisotopic (exact) mass is 559 g/mol. The van der Waals surface area contributed by atoms with Crippen molar-refractivity contribution in [1.29, 1.82) is 0 Å². The Hall–Kier alpha value is -3.48. The highest BCUT2D eigenvalue weighted by Crippen LogP contribution is 2.49. The first-order chi connectivity index (χ1) is 18.0. The number of benzene rings is 4. The number of para-hydroxylation sites is 1. The standard InChI is InChI=1S/C31H27BrFNO3/c32-23-13-16-26(29(19-23)37-20-21-7-3-1-4-8-21)30-27(31(36)34(30)25-9-5-2-6-10-25)17-18-28(35)22-11-14-24(33)15-12-22/h1-16,19,27-28,30,35H,17-18,20H2/t27-,28?,30-/m1/s1. The van der Waals surface area contributed by atoms with Crippen molar-refractivity contribution in [3.63, 3.8) is 0 Å². The Labute approximate surface area is 224 Å². The van der Waals surface area contributed by atoms with Crippen LogP contribution in [0.25, 0.3) is 0 Å². The number of aliphatic hydroxyl groups is 1. The van der Waals surface area contributed by atoms with Gasteiger partial charge >= 0.3 is 0 Å². The summed E-state index contributed by atoms with van der Waals surface area (Å²) in [7, 11) is 0. The van der Waals surface area contributed by atoms with Crippen LogP contribution in [0.3, 0.4) is 0 Å². The Kier molecular flexibility index (Phi) is 7.68. The Bertz CT molecular complexity index is 1350.